The summed E-state index contributed by atoms with van der Waals surface area (Å²) >= 11 is 0. The summed E-state index contributed by atoms with van der Waals surface area (Å²) in [5.41, 5.74) is 7.83. The average Bonchev–Trinajstić information content (AvgIpc) is 2.96. The first-order valence-electron chi connectivity index (χ1n) is 7.58. The van der Waals surface area contributed by atoms with Crippen LogP contribution >= 0.6 is 0 Å². The number of anilines is 1. The molecule has 120 valence electrons. The summed E-state index contributed by atoms with van der Waals surface area (Å²) in [7, 11) is 0. The van der Waals surface area contributed by atoms with Crippen molar-refractivity contribution in [2.45, 2.75) is 45.2 Å². The lowest BCUT2D eigenvalue weighted by molar-refractivity contribution is -0.137. The largest absolute Gasteiger partial charge is 0.481 e. The minimum atomic E-state index is -0.808. The van der Waals surface area contributed by atoms with Crippen molar-refractivity contribution < 1.29 is 14.7 Å². The molecule has 6 heteroatoms. The first-order chi connectivity index (χ1) is 10.5. The molecule has 1 aliphatic heterocycles. The van der Waals surface area contributed by atoms with Gasteiger partial charge in [0.2, 0.25) is 5.91 Å². The van der Waals surface area contributed by atoms with Crippen LogP contribution in [0.25, 0.3) is 0 Å². The van der Waals surface area contributed by atoms with Crippen LogP contribution in [0.15, 0.2) is 24.3 Å². The van der Waals surface area contributed by atoms with Gasteiger partial charge in [0, 0.05) is 18.2 Å². The van der Waals surface area contributed by atoms with Crippen molar-refractivity contribution in [3.8, 4) is 0 Å². The minimum absolute atomic E-state index is 0.0612. The first kappa shape index (κ1) is 16.5. The van der Waals surface area contributed by atoms with E-state index in [0.717, 1.165) is 17.7 Å². The molecule has 2 unspecified atom stereocenters. The maximum absolute atomic E-state index is 12.2. The molecular formula is C16H23N3O3. The monoisotopic (exact) mass is 305 g/mol. The number of carboxylic acid groups (broad SMARTS) is 1. The number of amides is 1. The van der Waals surface area contributed by atoms with Crippen LogP contribution in [0.2, 0.25) is 0 Å². The zero-order chi connectivity index (χ0) is 16.1. The van der Waals surface area contributed by atoms with Crippen LogP contribution in [0.5, 0.6) is 0 Å². The number of hydrogen-bond acceptors (Lipinski definition) is 4. The standard InChI is InChI=1S/C16H23N3O3/c1-10(2)13-9-14(19-18-13)16(22)17-12-6-3-11(4-7-12)5-8-15(20)21/h3-4,6-7,10,13-14,18-19H,5,8-9H2,1-2H3,(H,17,22)(H,20,21). The fraction of sp³-hybridized carbons (Fsp3) is 0.500. The van der Waals surface area contributed by atoms with E-state index >= 15 is 0 Å². The number of hydrogen-bond donors (Lipinski definition) is 4. The highest BCUT2D eigenvalue weighted by Gasteiger charge is 2.30. The molecule has 1 aromatic rings. The molecule has 4 N–H and O–H groups in total. The molecule has 1 heterocycles. The molecule has 1 aliphatic rings. The van der Waals surface area contributed by atoms with Gasteiger partial charge in [0.15, 0.2) is 0 Å². The number of carbonyl (C=O) groups is 2. The Bertz CT molecular complexity index is 528. The molecular weight excluding hydrogens is 282 g/mol. The van der Waals surface area contributed by atoms with Gasteiger partial charge >= 0.3 is 5.97 Å². The zero-order valence-corrected chi connectivity index (χ0v) is 12.9. The van der Waals surface area contributed by atoms with E-state index in [0.29, 0.717) is 18.4 Å². The van der Waals surface area contributed by atoms with Crippen LogP contribution in [0, 0.1) is 5.92 Å². The number of carbonyl (C=O) groups excluding carboxylic acids is 1. The van der Waals surface area contributed by atoms with Gasteiger partial charge < -0.3 is 10.4 Å². The van der Waals surface area contributed by atoms with E-state index < -0.39 is 5.97 Å². The SMILES string of the molecule is CC(C)C1CC(C(=O)Nc2ccc(CCC(=O)O)cc2)NN1. The van der Waals surface area contributed by atoms with E-state index in [2.05, 4.69) is 30.0 Å². The van der Waals surface area contributed by atoms with Gasteiger partial charge in [-0.05, 0) is 36.5 Å². The molecule has 1 amide bonds. The first-order valence-corrected chi connectivity index (χ1v) is 7.58. The normalized spacial score (nSPS) is 21.0. The number of rotatable bonds is 6. The van der Waals surface area contributed by atoms with Gasteiger partial charge in [0.25, 0.3) is 0 Å². The second kappa shape index (κ2) is 7.38. The van der Waals surface area contributed by atoms with Gasteiger partial charge in [-0.3, -0.25) is 15.0 Å². The van der Waals surface area contributed by atoms with Crippen LogP contribution in [-0.4, -0.2) is 29.1 Å². The third kappa shape index (κ3) is 4.54. The Labute approximate surface area is 130 Å². The highest BCUT2D eigenvalue weighted by atomic mass is 16.4. The van der Waals surface area contributed by atoms with Gasteiger partial charge in [-0.2, -0.15) is 0 Å². The molecule has 0 radical (unpaired) electrons. The third-order valence-electron chi connectivity index (χ3n) is 3.90. The second-order valence-corrected chi connectivity index (χ2v) is 6.01. The molecule has 0 spiro atoms. The molecule has 2 atom stereocenters. The van der Waals surface area contributed by atoms with Crippen LogP contribution in [0.4, 0.5) is 5.69 Å². The number of nitrogens with one attached hydrogen (secondary N) is 3. The smallest absolute Gasteiger partial charge is 0.303 e. The maximum atomic E-state index is 12.2. The van der Waals surface area contributed by atoms with Crippen molar-refractivity contribution in [3.05, 3.63) is 29.8 Å². The van der Waals surface area contributed by atoms with E-state index in [9.17, 15) is 9.59 Å². The van der Waals surface area contributed by atoms with E-state index in [-0.39, 0.29) is 18.4 Å². The number of carboxylic acids is 1. The average molecular weight is 305 g/mol. The summed E-state index contributed by atoms with van der Waals surface area (Å²) in [6, 6.07) is 7.36. The van der Waals surface area contributed by atoms with Crippen LogP contribution in [-0.2, 0) is 16.0 Å². The molecule has 1 fully saturated rings. The van der Waals surface area contributed by atoms with Gasteiger partial charge in [0.05, 0.1) is 0 Å². The maximum Gasteiger partial charge on any atom is 0.303 e. The van der Waals surface area contributed by atoms with Crippen molar-refractivity contribution in [2.75, 3.05) is 5.32 Å². The summed E-state index contributed by atoms with van der Waals surface area (Å²) in [4.78, 5) is 22.7. The summed E-state index contributed by atoms with van der Waals surface area (Å²) in [5, 5.41) is 11.5. The lowest BCUT2D eigenvalue weighted by Gasteiger charge is -2.13. The topological polar surface area (TPSA) is 90.5 Å². The predicted octanol–water partition coefficient (Wildman–Crippen LogP) is 1.53. The van der Waals surface area contributed by atoms with Crippen molar-refractivity contribution in [1.82, 2.24) is 10.9 Å². The summed E-state index contributed by atoms with van der Waals surface area (Å²) < 4.78 is 0. The van der Waals surface area contributed by atoms with E-state index in [1.165, 1.54) is 0 Å². The van der Waals surface area contributed by atoms with Gasteiger partial charge in [0.1, 0.15) is 6.04 Å². The van der Waals surface area contributed by atoms with Gasteiger partial charge in [-0.15, -0.1) is 0 Å². The quantitative estimate of drug-likeness (QED) is 0.640. The van der Waals surface area contributed by atoms with E-state index in [1.54, 1.807) is 12.1 Å². The Balaban J connectivity index is 1.85. The highest BCUT2D eigenvalue weighted by Crippen LogP contribution is 2.16. The fourth-order valence-corrected chi connectivity index (χ4v) is 2.43. The van der Waals surface area contributed by atoms with Crippen molar-refractivity contribution in [1.29, 1.82) is 0 Å². The zero-order valence-electron chi connectivity index (χ0n) is 12.9. The molecule has 1 aromatic carbocycles. The van der Waals surface area contributed by atoms with E-state index in [1.807, 2.05) is 12.1 Å². The molecule has 22 heavy (non-hydrogen) atoms. The van der Waals surface area contributed by atoms with Gasteiger partial charge in [-0.1, -0.05) is 26.0 Å². The molecule has 0 bridgehead atoms. The molecule has 2 rings (SSSR count). The van der Waals surface area contributed by atoms with Crippen molar-refractivity contribution in [2.24, 2.45) is 5.92 Å². The Morgan fingerprint density at radius 3 is 2.50 bits per heavy atom. The number of aryl methyl sites for hydroxylation is 1. The number of benzene rings is 1. The van der Waals surface area contributed by atoms with E-state index in [4.69, 9.17) is 5.11 Å². The fourth-order valence-electron chi connectivity index (χ4n) is 2.43. The Hall–Kier alpha value is -1.92. The minimum Gasteiger partial charge on any atom is -0.481 e. The summed E-state index contributed by atoms with van der Waals surface area (Å²) in [5.74, 6) is -0.398. The lowest BCUT2D eigenvalue weighted by Crippen LogP contribution is -2.40. The molecule has 0 aliphatic carbocycles. The number of aliphatic carboxylic acids is 1. The summed E-state index contributed by atoms with van der Waals surface area (Å²) in [6.45, 7) is 4.24. The molecule has 0 saturated carbocycles. The lowest BCUT2D eigenvalue weighted by atomic mass is 9.99. The summed E-state index contributed by atoms with van der Waals surface area (Å²) in [6.07, 6.45) is 1.37. The van der Waals surface area contributed by atoms with Crippen LogP contribution < -0.4 is 16.2 Å². The predicted molar refractivity (Wildman–Crippen MR) is 84.3 cm³/mol. The number of hydrazine groups is 1. The molecule has 1 saturated heterocycles. The van der Waals surface area contributed by atoms with Crippen molar-refractivity contribution >= 4 is 17.6 Å². The van der Waals surface area contributed by atoms with Crippen LogP contribution in [0.1, 0.15) is 32.3 Å². The Morgan fingerprint density at radius 1 is 1.27 bits per heavy atom. The highest BCUT2D eigenvalue weighted by molar-refractivity contribution is 5.95. The molecule has 0 aromatic heterocycles. The Morgan fingerprint density at radius 2 is 1.95 bits per heavy atom. The van der Waals surface area contributed by atoms with Gasteiger partial charge in [-0.25, -0.2) is 5.43 Å². The Kier molecular flexibility index (Phi) is 5.51. The van der Waals surface area contributed by atoms with Crippen molar-refractivity contribution in [3.63, 3.8) is 0 Å². The van der Waals surface area contributed by atoms with Crippen LogP contribution in [0.3, 0.4) is 0 Å². The molecule has 6 nitrogen and oxygen atoms in total. The second-order valence-electron chi connectivity index (χ2n) is 6.01. The third-order valence-corrected chi connectivity index (χ3v) is 3.90.